The van der Waals surface area contributed by atoms with Gasteiger partial charge in [0.2, 0.25) is 0 Å². The van der Waals surface area contributed by atoms with E-state index in [1.165, 1.54) is 0 Å². The number of nitrogens with zero attached hydrogens (tertiary/aromatic N) is 1. The van der Waals surface area contributed by atoms with Gasteiger partial charge in [-0.1, -0.05) is 12.1 Å². The zero-order chi connectivity index (χ0) is 15.0. The highest BCUT2D eigenvalue weighted by atomic mass is 16.5. The molecule has 0 atom stereocenters. The van der Waals surface area contributed by atoms with E-state index >= 15 is 0 Å². The molecule has 5 nitrogen and oxygen atoms in total. The molecule has 1 aromatic carbocycles. The standard InChI is InChI=1S/C15H24N2O3/c1-12(2)17(3)10-8-16-9-11-20-14-7-5-4-6-13(14)15(18)19/h4-7,12,16H,8-11H2,1-3H3,(H,18,19). The third-order valence-corrected chi connectivity index (χ3v) is 3.18. The Balaban J connectivity index is 2.23. The summed E-state index contributed by atoms with van der Waals surface area (Å²) >= 11 is 0. The zero-order valence-corrected chi connectivity index (χ0v) is 12.4. The summed E-state index contributed by atoms with van der Waals surface area (Å²) in [5.74, 6) is -0.548. The molecule has 0 radical (unpaired) electrons. The van der Waals surface area contributed by atoms with Crippen molar-refractivity contribution in [1.82, 2.24) is 10.2 Å². The Morgan fingerprint density at radius 1 is 1.35 bits per heavy atom. The monoisotopic (exact) mass is 280 g/mol. The highest BCUT2D eigenvalue weighted by molar-refractivity contribution is 5.90. The quantitative estimate of drug-likeness (QED) is 0.674. The predicted octanol–water partition coefficient (Wildman–Crippen LogP) is 1.69. The Bertz CT molecular complexity index is 421. The van der Waals surface area contributed by atoms with E-state index in [4.69, 9.17) is 9.84 Å². The molecule has 0 fully saturated rings. The van der Waals surface area contributed by atoms with Crippen molar-refractivity contribution in [2.45, 2.75) is 19.9 Å². The molecule has 0 spiro atoms. The smallest absolute Gasteiger partial charge is 0.339 e. The van der Waals surface area contributed by atoms with E-state index in [-0.39, 0.29) is 5.56 Å². The number of carboxylic acids is 1. The Morgan fingerprint density at radius 2 is 2.05 bits per heavy atom. The topological polar surface area (TPSA) is 61.8 Å². The van der Waals surface area contributed by atoms with Crippen LogP contribution >= 0.6 is 0 Å². The molecule has 0 amide bonds. The van der Waals surface area contributed by atoms with Gasteiger partial charge in [0, 0.05) is 25.7 Å². The van der Waals surface area contributed by atoms with Crippen LogP contribution in [0.5, 0.6) is 5.75 Å². The van der Waals surface area contributed by atoms with Gasteiger partial charge >= 0.3 is 5.97 Å². The van der Waals surface area contributed by atoms with Crippen molar-refractivity contribution in [2.75, 3.05) is 33.3 Å². The molecule has 0 aliphatic carbocycles. The summed E-state index contributed by atoms with van der Waals surface area (Å²) < 4.78 is 5.50. The molecule has 0 aliphatic heterocycles. The number of carboxylic acid groups (broad SMARTS) is 1. The van der Waals surface area contributed by atoms with Crippen molar-refractivity contribution in [3.63, 3.8) is 0 Å². The van der Waals surface area contributed by atoms with E-state index in [9.17, 15) is 4.79 Å². The van der Waals surface area contributed by atoms with Crippen molar-refractivity contribution in [3.05, 3.63) is 29.8 Å². The molecule has 2 N–H and O–H groups in total. The number of aromatic carboxylic acids is 1. The van der Waals surface area contributed by atoms with Gasteiger partial charge < -0.3 is 20.1 Å². The third kappa shape index (κ3) is 5.59. The normalized spacial score (nSPS) is 11.1. The second-order valence-corrected chi connectivity index (χ2v) is 4.97. The van der Waals surface area contributed by atoms with Gasteiger partial charge in [-0.2, -0.15) is 0 Å². The number of carbonyl (C=O) groups is 1. The summed E-state index contributed by atoms with van der Waals surface area (Å²) in [6.45, 7) is 7.33. The highest BCUT2D eigenvalue weighted by Crippen LogP contribution is 2.17. The lowest BCUT2D eigenvalue weighted by Crippen LogP contribution is -2.35. The van der Waals surface area contributed by atoms with Gasteiger partial charge in [-0.15, -0.1) is 0 Å². The lowest BCUT2D eigenvalue weighted by atomic mass is 10.2. The van der Waals surface area contributed by atoms with Gasteiger partial charge in [0.25, 0.3) is 0 Å². The fraction of sp³-hybridized carbons (Fsp3) is 0.533. The van der Waals surface area contributed by atoms with E-state index < -0.39 is 5.97 Å². The Hall–Kier alpha value is -1.59. The van der Waals surface area contributed by atoms with E-state index in [0.29, 0.717) is 24.9 Å². The van der Waals surface area contributed by atoms with Crippen LogP contribution in [0.1, 0.15) is 24.2 Å². The molecule has 112 valence electrons. The third-order valence-electron chi connectivity index (χ3n) is 3.18. The van der Waals surface area contributed by atoms with Crippen molar-refractivity contribution in [1.29, 1.82) is 0 Å². The summed E-state index contributed by atoms with van der Waals surface area (Å²) in [5.41, 5.74) is 0.201. The summed E-state index contributed by atoms with van der Waals surface area (Å²) in [6.07, 6.45) is 0. The van der Waals surface area contributed by atoms with Crippen LogP contribution in [0.15, 0.2) is 24.3 Å². The van der Waals surface area contributed by atoms with Gasteiger partial charge in [0.05, 0.1) is 0 Å². The number of para-hydroxylation sites is 1. The van der Waals surface area contributed by atoms with E-state index in [1.54, 1.807) is 24.3 Å². The van der Waals surface area contributed by atoms with Gasteiger partial charge in [-0.3, -0.25) is 0 Å². The molecule has 0 aromatic heterocycles. The van der Waals surface area contributed by atoms with Crippen molar-refractivity contribution in [2.24, 2.45) is 0 Å². The van der Waals surface area contributed by atoms with E-state index in [1.807, 2.05) is 0 Å². The summed E-state index contributed by atoms with van der Waals surface area (Å²) in [7, 11) is 2.09. The average molecular weight is 280 g/mol. The van der Waals surface area contributed by atoms with Crippen molar-refractivity contribution >= 4 is 5.97 Å². The van der Waals surface area contributed by atoms with Crippen LogP contribution in [0, 0.1) is 0 Å². The molecule has 20 heavy (non-hydrogen) atoms. The molecule has 1 rings (SSSR count). The van der Waals surface area contributed by atoms with Gasteiger partial charge in [-0.05, 0) is 33.0 Å². The number of hydrogen-bond donors (Lipinski definition) is 2. The molecular formula is C15H24N2O3. The molecule has 0 aliphatic rings. The molecule has 0 saturated heterocycles. The van der Waals surface area contributed by atoms with Crippen LogP contribution in [-0.4, -0.2) is 55.3 Å². The summed E-state index contributed by atoms with van der Waals surface area (Å²) in [4.78, 5) is 13.3. The van der Waals surface area contributed by atoms with Crippen LogP contribution < -0.4 is 10.1 Å². The van der Waals surface area contributed by atoms with Crippen molar-refractivity contribution < 1.29 is 14.6 Å². The molecule has 1 aromatic rings. The fourth-order valence-electron chi connectivity index (χ4n) is 1.64. The molecular weight excluding hydrogens is 256 g/mol. The number of benzene rings is 1. The van der Waals surface area contributed by atoms with E-state index in [2.05, 4.69) is 31.1 Å². The Morgan fingerprint density at radius 3 is 2.70 bits per heavy atom. The zero-order valence-electron chi connectivity index (χ0n) is 12.4. The van der Waals surface area contributed by atoms with Gasteiger partial charge in [-0.25, -0.2) is 4.79 Å². The van der Waals surface area contributed by atoms with Gasteiger partial charge in [0.15, 0.2) is 0 Å². The van der Waals surface area contributed by atoms with Crippen LogP contribution in [0.4, 0.5) is 0 Å². The second kappa shape index (κ2) is 8.55. The number of likely N-dealkylation sites (N-methyl/N-ethyl adjacent to an activating group) is 1. The first kappa shape index (κ1) is 16.5. The maximum Gasteiger partial charge on any atom is 0.339 e. The first-order chi connectivity index (χ1) is 9.52. The molecule has 5 heteroatoms. The largest absolute Gasteiger partial charge is 0.491 e. The average Bonchev–Trinajstić information content (AvgIpc) is 2.42. The van der Waals surface area contributed by atoms with Gasteiger partial charge in [0.1, 0.15) is 17.9 Å². The fourth-order valence-corrected chi connectivity index (χ4v) is 1.64. The predicted molar refractivity (Wildman–Crippen MR) is 79.5 cm³/mol. The molecule has 0 heterocycles. The van der Waals surface area contributed by atoms with Crippen LogP contribution in [0.25, 0.3) is 0 Å². The highest BCUT2D eigenvalue weighted by Gasteiger charge is 2.09. The molecule has 0 bridgehead atoms. The van der Waals surface area contributed by atoms with Crippen LogP contribution in [0.3, 0.4) is 0 Å². The first-order valence-corrected chi connectivity index (χ1v) is 6.88. The summed E-state index contributed by atoms with van der Waals surface area (Å²) in [5, 5.41) is 12.3. The van der Waals surface area contributed by atoms with E-state index in [0.717, 1.165) is 13.1 Å². The SMILES string of the molecule is CC(C)N(C)CCNCCOc1ccccc1C(=O)O. The van der Waals surface area contributed by atoms with Crippen LogP contribution in [-0.2, 0) is 0 Å². The minimum Gasteiger partial charge on any atom is -0.491 e. The number of nitrogens with one attached hydrogen (secondary N) is 1. The molecule has 0 saturated carbocycles. The van der Waals surface area contributed by atoms with Crippen molar-refractivity contribution in [3.8, 4) is 5.75 Å². The minimum absolute atomic E-state index is 0.201. The lowest BCUT2D eigenvalue weighted by molar-refractivity contribution is 0.0692. The first-order valence-electron chi connectivity index (χ1n) is 6.88. The lowest BCUT2D eigenvalue weighted by Gasteiger charge is -2.20. The minimum atomic E-state index is -0.966. The number of ether oxygens (including phenoxy) is 1. The maximum absolute atomic E-state index is 11.0. The Kier molecular flexibility index (Phi) is 7.04. The molecule has 0 unspecified atom stereocenters. The van der Waals surface area contributed by atoms with Crippen LogP contribution in [0.2, 0.25) is 0 Å². The second-order valence-electron chi connectivity index (χ2n) is 4.97. The number of rotatable bonds is 9. The Labute approximate surface area is 120 Å². The maximum atomic E-state index is 11.0. The summed E-state index contributed by atoms with van der Waals surface area (Å²) in [6, 6.07) is 7.22. The number of hydrogen-bond acceptors (Lipinski definition) is 4.